The van der Waals surface area contributed by atoms with Gasteiger partial charge in [0.15, 0.2) is 5.96 Å². The third-order valence-electron chi connectivity index (χ3n) is 5.86. The highest BCUT2D eigenvalue weighted by atomic mass is 16.5. The molecule has 2 amide bonds. The van der Waals surface area contributed by atoms with Crippen molar-refractivity contribution in [1.82, 2.24) is 15.1 Å². The Balaban J connectivity index is 1.72. The standard InChI is InChI=1S/C26H35N5O4/c1-30-12-13-31(25(33)18-30)17-20-4-8-21(9-5-20)22-10-6-19(7-11-24(32)29-26(27)28)16-23(22)35-15-3-14-34-2/h4-6,8-10,16H,3,7,11-15,17-18H2,1-2H3,(H4,27,28,29,32). The maximum atomic E-state index is 12.3. The molecule has 0 radical (unpaired) electrons. The highest BCUT2D eigenvalue weighted by Gasteiger charge is 2.21. The zero-order valence-corrected chi connectivity index (χ0v) is 20.5. The van der Waals surface area contributed by atoms with Crippen LogP contribution in [0.15, 0.2) is 42.5 Å². The molecule has 188 valence electrons. The lowest BCUT2D eigenvalue weighted by Crippen LogP contribution is -2.48. The molecular weight excluding hydrogens is 446 g/mol. The second-order valence-electron chi connectivity index (χ2n) is 8.74. The van der Waals surface area contributed by atoms with Crippen molar-refractivity contribution in [1.29, 1.82) is 5.41 Å². The van der Waals surface area contributed by atoms with Crippen LogP contribution in [0.25, 0.3) is 11.1 Å². The number of benzene rings is 2. The number of rotatable bonds is 11. The third-order valence-corrected chi connectivity index (χ3v) is 5.86. The second kappa shape index (κ2) is 12.9. The number of nitrogens with zero attached hydrogens (tertiary/aromatic N) is 2. The van der Waals surface area contributed by atoms with E-state index in [0.717, 1.165) is 47.5 Å². The fourth-order valence-corrected chi connectivity index (χ4v) is 3.94. The van der Waals surface area contributed by atoms with Gasteiger partial charge in [-0.05, 0) is 36.2 Å². The summed E-state index contributed by atoms with van der Waals surface area (Å²) in [5.74, 6) is 0.251. The first-order chi connectivity index (χ1) is 16.9. The quantitative estimate of drug-likeness (QED) is 0.256. The second-order valence-corrected chi connectivity index (χ2v) is 8.74. The van der Waals surface area contributed by atoms with Gasteiger partial charge in [-0.3, -0.25) is 25.2 Å². The minimum Gasteiger partial charge on any atom is -0.493 e. The molecule has 0 unspecified atom stereocenters. The predicted molar refractivity (Wildman–Crippen MR) is 135 cm³/mol. The molecule has 1 aliphatic heterocycles. The molecule has 35 heavy (non-hydrogen) atoms. The van der Waals surface area contributed by atoms with Gasteiger partial charge >= 0.3 is 0 Å². The normalized spacial score (nSPS) is 14.1. The van der Waals surface area contributed by atoms with Crippen molar-refractivity contribution in [3.05, 3.63) is 53.6 Å². The lowest BCUT2D eigenvalue weighted by Gasteiger charge is -2.32. The Hall–Kier alpha value is -3.43. The van der Waals surface area contributed by atoms with Gasteiger partial charge in [0.05, 0.1) is 13.2 Å². The summed E-state index contributed by atoms with van der Waals surface area (Å²) >= 11 is 0. The fraction of sp³-hybridized carbons (Fsp3) is 0.423. The van der Waals surface area contributed by atoms with Crippen molar-refractivity contribution in [3.63, 3.8) is 0 Å². The number of methoxy groups -OCH3 is 1. The van der Waals surface area contributed by atoms with Crippen LogP contribution >= 0.6 is 0 Å². The SMILES string of the molecule is COCCCOc1cc(CCC(=O)NC(=N)N)ccc1-c1ccc(CN2CCN(C)CC2=O)cc1. The minimum atomic E-state index is -0.354. The van der Waals surface area contributed by atoms with Crippen LogP contribution in [-0.2, 0) is 27.3 Å². The first-order valence-electron chi connectivity index (χ1n) is 11.8. The van der Waals surface area contributed by atoms with Gasteiger partial charge in [0.25, 0.3) is 0 Å². The lowest BCUT2D eigenvalue weighted by molar-refractivity contribution is -0.136. The van der Waals surface area contributed by atoms with Gasteiger partial charge in [-0.25, -0.2) is 0 Å². The van der Waals surface area contributed by atoms with Gasteiger partial charge in [0.1, 0.15) is 5.75 Å². The molecule has 9 nitrogen and oxygen atoms in total. The summed E-state index contributed by atoms with van der Waals surface area (Å²) in [5, 5.41) is 9.48. The monoisotopic (exact) mass is 481 g/mol. The Kier molecular flexibility index (Phi) is 9.63. The number of nitrogens with one attached hydrogen (secondary N) is 2. The third kappa shape index (κ3) is 8.08. The summed E-state index contributed by atoms with van der Waals surface area (Å²) in [4.78, 5) is 28.1. The number of hydrogen-bond acceptors (Lipinski definition) is 6. The van der Waals surface area contributed by atoms with Gasteiger partial charge in [0, 0.05) is 51.8 Å². The molecular formula is C26H35N5O4. The molecule has 2 aromatic carbocycles. The van der Waals surface area contributed by atoms with E-state index in [2.05, 4.69) is 17.4 Å². The summed E-state index contributed by atoms with van der Waals surface area (Å²) in [7, 11) is 3.63. The molecule has 0 spiro atoms. The zero-order valence-electron chi connectivity index (χ0n) is 20.5. The van der Waals surface area contributed by atoms with Crippen LogP contribution < -0.4 is 15.8 Å². The molecule has 1 heterocycles. The number of amides is 2. The number of ether oxygens (including phenoxy) is 2. The van der Waals surface area contributed by atoms with E-state index in [1.807, 2.05) is 47.2 Å². The Morgan fingerprint density at radius 3 is 2.54 bits per heavy atom. The van der Waals surface area contributed by atoms with Crippen LogP contribution in [0.4, 0.5) is 0 Å². The summed E-state index contributed by atoms with van der Waals surface area (Å²) in [6, 6.07) is 14.1. The van der Waals surface area contributed by atoms with Crippen LogP contribution in [0.3, 0.4) is 0 Å². The van der Waals surface area contributed by atoms with E-state index in [-0.39, 0.29) is 24.2 Å². The largest absolute Gasteiger partial charge is 0.493 e. The summed E-state index contributed by atoms with van der Waals surface area (Å²) in [6.07, 6.45) is 1.49. The number of nitrogens with two attached hydrogens (primary N) is 1. The molecule has 1 saturated heterocycles. The van der Waals surface area contributed by atoms with Gasteiger partial charge in [0.2, 0.25) is 11.8 Å². The average Bonchev–Trinajstić information content (AvgIpc) is 2.82. The molecule has 4 N–H and O–H groups in total. The Labute approximate surface area is 206 Å². The zero-order chi connectivity index (χ0) is 25.2. The van der Waals surface area contributed by atoms with E-state index in [1.165, 1.54) is 0 Å². The summed E-state index contributed by atoms with van der Waals surface area (Å²) in [5.41, 5.74) is 9.24. The summed E-state index contributed by atoms with van der Waals surface area (Å²) < 4.78 is 11.2. The number of carbonyl (C=O) groups excluding carboxylic acids is 2. The van der Waals surface area contributed by atoms with Crippen LogP contribution in [-0.4, -0.2) is 74.6 Å². The number of likely N-dealkylation sites (N-methyl/N-ethyl adjacent to an activating group) is 1. The molecule has 0 atom stereocenters. The highest BCUT2D eigenvalue weighted by molar-refractivity contribution is 5.94. The molecule has 0 aliphatic carbocycles. The molecule has 0 saturated carbocycles. The first kappa shape index (κ1) is 26.2. The van der Waals surface area contributed by atoms with Crippen molar-refractivity contribution in [3.8, 4) is 16.9 Å². The van der Waals surface area contributed by atoms with E-state index in [1.54, 1.807) is 7.11 Å². The topological polar surface area (TPSA) is 121 Å². The molecule has 2 aromatic rings. The Morgan fingerprint density at radius 2 is 1.86 bits per heavy atom. The van der Waals surface area contributed by atoms with Crippen molar-refractivity contribution < 1.29 is 19.1 Å². The predicted octanol–water partition coefficient (Wildman–Crippen LogP) is 1.99. The van der Waals surface area contributed by atoms with Gasteiger partial charge in [-0.2, -0.15) is 0 Å². The van der Waals surface area contributed by atoms with Crippen molar-refractivity contribution in [2.45, 2.75) is 25.8 Å². The molecule has 0 aromatic heterocycles. The van der Waals surface area contributed by atoms with E-state index in [0.29, 0.717) is 32.7 Å². The number of guanidine groups is 1. The van der Waals surface area contributed by atoms with E-state index in [4.69, 9.17) is 20.6 Å². The maximum absolute atomic E-state index is 12.3. The van der Waals surface area contributed by atoms with Crippen molar-refractivity contribution >= 4 is 17.8 Å². The molecule has 1 fully saturated rings. The highest BCUT2D eigenvalue weighted by Crippen LogP contribution is 2.32. The lowest BCUT2D eigenvalue weighted by atomic mass is 9.99. The maximum Gasteiger partial charge on any atom is 0.237 e. The smallest absolute Gasteiger partial charge is 0.237 e. The number of piperazine rings is 1. The number of hydrogen-bond donors (Lipinski definition) is 3. The van der Waals surface area contributed by atoms with E-state index in [9.17, 15) is 9.59 Å². The molecule has 9 heteroatoms. The molecule has 0 bridgehead atoms. The van der Waals surface area contributed by atoms with E-state index >= 15 is 0 Å². The van der Waals surface area contributed by atoms with Crippen LogP contribution in [0.1, 0.15) is 24.0 Å². The Bertz CT molecular complexity index is 1020. The fourth-order valence-electron chi connectivity index (χ4n) is 3.94. The van der Waals surface area contributed by atoms with E-state index < -0.39 is 0 Å². The average molecular weight is 482 g/mol. The minimum absolute atomic E-state index is 0.155. The number of carbonyl (C=O) groups is 2. The van der Waals surface area contributed by atoms with Crippen molar-refractivity contribution in [2.24, 2.45) is 5.73 Å². The first-order valence-corrected chi connectivity index (χ1v) is 11.8. The van der Waals surface area contributed by atoms with Gasteiger partial charge < -0.3 is 20.1 Å². The van der Waals surface area contributed by atoms with Crippen LogP contribution in [0.5, 0.6) is 5.75 Å². The Morgan fingerprint density at radius 1 is 1.11 bits per heavy atom. The van der Waals surface area contributed by atoms with Crippen LogP contribution in [0.2, 0.25) is 0 Å². The number of aryl methyl sites for hydroxylation is 1. The van der Waals surface area contributed by atoms with Crippen molar-refractivity contribution in [2.75, 3.05) is 47.0 Å². The summed E-state index contributed by atoms with van der Waals surface area (Å²) in [6.45, 7) is 3.82. The van der Waals surface area contributed by atoms with Crippen LogP contribution in [0, 0.1) is 5.41 Å². The van der Waals surface area contributed by atoms with Gasteiger partial charge in [-0.15, -0.1) is 0 Å². The van der Waals surface area contributed by atoms with Gasteiger partial charge in [-0.1, -0.05) is 36.4 Å². The molecule has 3 rings (SSSR count). The molecule has 1 aliphatic rings.